The summed E-state index contributed by atoms with van der Waals surface area (Å²) in [5.41, 5.74) is 2.15. The molecular formula is C22H24N4O3. The molecule has 0 aliphatic rings. The topological polar surface area (TPSA) is 83.6 Å². The minimum atomic E-state index is -0.502. The molecule has 1 aromatic heterocycles. The lowest BCUT2D eigenvalue weighted by Gasteiger charge is -2.23. The molecule has 1 atom stereocenters. The lowest BCUT2D eigenvalue weighted by atomic mass is 10.1. The first kappa shape index (κ1) is 20.3. The van der Waals surface area contributed by atoms with Crippen LogP contribution in [0.4, 0.5) is 11.4 Å². The minimum absolute atomic E-state index is 0.0723. The number of carbonyl (C=O) groups is 2. The number of anilines is 2. The molecular weight excluding hydrogens is 368 g/mol. The van der Waals surface area contributed by atoms with Gasteiger partial charge in [-0.3, -0.25) is 19.5 Å². The number of nitrogens with zero attached hydrogens (tertiary/aromatic N) is 2. The van der Waals surface area contributed by atoms with E-state index in [-0.39, 0.29) is 18.4 Å². The number of fused-ring (bicyclic) bond motifs is 1. The monoisotopic (exact) mass is 392 g/mol. The number of aromatic nitrogens is 1. The standard InChI is InChI=1S/C22H24N4O3/c1-15(22(28)25-20-11-5-10-19-18(20)9-6-12-23-19)26(2)14-21(27)24-16-7-4-8-17(13-16)29-3/h4-13,15H,14H2,1-3H3,(H,24,27)(H,25,28). The number of ether oxygens (including phenoxy) is 1. The predicted molar refractivity (Wildman–Crippen MR) is 114 cm³/mol. The number of benzene rings is 2. The first-order valence-corrected chi connectivity index (χ1v) is 9.26. The SMILES string of the molecule is COc1cccc(NC(=O)CN(C)C(C)C(=O)Nc2cccc3ncccc23)c1. The molecule has 1 heterocycles. The van der Waals surface area contributed by atoms with Crippen LogP contribution in [-0.2, 0) is 9.59 Å². The Morgan fingerprint density at radius 3 is 2.69 bits per heavy atom. The van der Waals surface area contributed by atoms with Crippen molar-refractivity contribution in [3.8, 4) is 5.75 Å². The Labute approximate surface area is 169 Å². The molecule has 29 heavy (non-hydrogen) atoms. The van der Waals surface area contributed by atoms with E-state index in [9.17, 15) is 9.59 Å². The summed E-state index contributed by atoms with van der Waals surface area (Å²) in [6, 6.07) is 15.9. The molecule has 0 spiro atoms. The van der Waals surface area contributed by atoms with E-state index in [1.54, 1.807) is 56.4 Å². The summed E-state index contributed by atoms with van der Waals surface area (Å²) in [5.74, 6) is 0.251. The normalized spacial score (nSPS) is 11.9. The molecule has 0 radical (unpaired) electrons. The van der Waals surface area contributed by atoms with Gasteiger partial charge in [-0.05, 0) is 50.4 Å². The van der Waals surface area contributed by atoms with Crippen molar-refractivity contribution in [3.63, 3.8) is 0 Å². The summed E-state index contributed by atoms with van der Waals surface area (Å²) in [4.78, 5) is 31.0. The fraction of sp³-hybridized carbons (Fsp3) is 0.227. The van der Waals surface area contributed by atoms with Crippen LogP contribution in [0.2, 0.25) is 0 Å². The minimum Gasteiger partial charge on any atom is -0.497 e. The molecule has 0 fully saturated rings. The third-order valence-electron chi connectivity index (χ3n) is 4.69. The Bertz CT molecular complexity index is 1020. The fourth-order valence-electron chi connectivity index (χ4n) is 2.91. The lowest BCUT2D eigenvalue weighted by Crippen LogP contribution is -2.43. The smallest absolute Gasteiger partial charge is 0.241 e. The van der Waals surface area contributed by atoms with Crippen molar-refractivity contribution in [1.82, 2.24) is 9.88 Å². The van der Waals surface area contributed by atoms with Crippen LogP contribution in [0.25, 0.3) is 10.9 Å². The van der Waals surface area contributed by atoms with E-state index < -0.39 is 6.04 Å². The van der Waals surface area contributed by atoms with Gasteiger partial charge in [0.05, 0.1) is 30.9 Å². The van der Waals surface area contributed by atoms with Crippen molar-refractivity contribution in [2.24, 2.45) is 0 Å². The zero-order valence-electron chi connectivity index (χ0n) is 16.7. The molecule has 0 saturated heterocycles. The van der Waals surface area contributed by atoms with Crippen molar-refractivity contribution >= 4 is 34.1 Å². The maximum Gasteiger partial charge on any atom is 0.241 e. The Morgan fingerprint density at radius 2 is 1.90 bits per heavy atom. The van der Waals surface area contributed by atoms with Gasteiger partial charge in [0.1, 0.15) is 5.75 Å². The van der Waals surface area contributed by atoms with Gasteiger partial charge in [0, 0.05) is 23.3 Å². The maximum atomic E-state index is 12.7. The average Bonchev–Trinajstić information content (AvgIpc) is 2.73. The lowest BCUT2D eigenvalue weighted by molar-refractivity contribution is -0.122. The van der Waals surface area contributed by atoms with Gasteiger partial charge in [-0.1, -0.05) is 12.1 Å². The summed E-state index contributed by atoms with van der Waals surface area (Å²) in [6.07, 6.45) is 1.71. The van der Waals surface area contributed by atoms with Crippen molar-refractivity contribution in [1.29, 1.82) is 0 Å². The highest BCUT2D eigenvalue weighted by atomic mass is 16.5. The Balaban J connectivity index is 1.60. The molecule has 7 heteroatoms. The highest BCUT2D eigenvalue weighted by Gasteiger charge is 2.21. The molecule has 3 rings (SSSR count). The number of pyridine rings is 1. The van der Waals surface area contributed by atoms with Gasteiger partial charge < -0.3 is 15.4 Å². The molecule has 0 aliphatic heterocycles. The quantitative estimate of drug-likeness (QED) is 0.645. The number of nitrogens with one attached hydrogen (secondary N) is 2. The van der Waals surface area contributed by atoms with E-state index >= 15 is 0 Å². The fourth-order valence-corrected chi connectivity index (χ4v) is 2.91. The second-order valence-corrected chi connectivity index (χ2v) is 6.74. The molecule has 2 aromatic carbocycles. The van der Waals surface area contributed by atoms with E-state index in [2.05, 4.69) is 15.6 Å². The van der Waals surface area contributed by atoms with Crippen LogP contribution in [0.5, 0.6) is 5.75 Å². The third-order valence-corrected chi connectivity index (χ3v) is 4.69. The molecule has 0 saturated carbocycles. The van der Waals surface area contributed by atoms with E-state index in [0.29, 0.717) is 17.1 Å². The van der Waals surface area contributed by atoms with Crippen LogP contribution in [0.1, 0.15) is 6.92 Å². The molecule has 1 unspecified atom stereocenters. The van der Waals surface area contributed by atoms with E-state index in [1.165, 1.54) is 0 Å². The van der Waals surface area contributed by atoms with Crippen molar-refractivity contribution < 1.29 is 14.3 Å². The first-order valence-electron chi connectivity index (χ1n) is 9.26. The summed E-state index contributed by atoms with van der Waals surface area (Å²) in [7, 11) is 3.31. The van der Waals surface area contributed by atoms with E-state index in [0.717, 1.165) is 10.9 Å². The van der Waals surface area contributed by atoms with Crippen LogP contribution in [0.3, 0.4) is 0 Å². The molecule has 0 aliphatic carbocycles. The van der Waals surface area contributed by atoms with Crippen LogP contribution in [-0.4, -0.2) is 48.4 Å². The summed E-state index contributed by atoms with van der Waals surface area (Å²) < 4.78 is 5.16. The second-order valence-electron chi connectivity index (χ2n) is 6.74. The van der Waals surface area contributed by atoms with Crippen molar-refractivity contribution in [2.45, 2.75) is 13.0 Å². The van der Waals surface area contributed by atoms with Gasteiger partial charge in [-0.2, -0.15) is 0 Å². The van der Waals surface area contributed by atoms with Crippen LogP contribution in [0, 0.1) is 0 Å². The number of hydrogen-bond acceptors (Lipinski definition) is 5. The van der Waals surface area contributed by atoms with Gasteiger partial charge in [-0.15, -0.1) is 0 Å². The highest BCUT2D eigenvalue weighted by molar-refractivity contribution is 6.03. The van der Waals surface area contributed by atoms with Gasteiger partial charge in [0.15, 0.2) is 0 Å². The number of likely N-dealkylation sites (N-methyl/N-ethyl adjacent to an activating group) is 1. The molecule has 7 nitrogen and oxygen atoms in total. The zero-order valence-corrected chi connectivity index (χ0v) is 16.7. The number of carbonyl (C=O) groups excluding carboxylic acids is 2. The van der Waals surface area contributed by atoms with Crippen molar-refractivity contribution in [2.75, 3.05) is 31.3 Å². The van der Waals surface area contributed by atoms with Gasteiger partial charge in [0.25, 0.3) is 0 Å². The van der Waals surface area contributed by atoms with Crippen LogP contribution in [0.15, 0.2) is 60.8 Å². The largest absolute Gasteiger partial charge is 0.497 e. The Morgan fingerprint density at radius 1 is 1.10 bits per heavy atom. The van der Waals surface area contributed by atoms with E-state index in [1.807, 2.05) is 30.3 Å². The Hall–Kier alpha value is -3.45. The van der Waals surface area contributed by atoms with E-state index in [4.69, 9.17) is 4.74 Å². The van der Waals surface area contributed by atoms with Gasteiger partial charge in [0.2, 0.25) is 11.8 Å². The summed E-state index contributed by atoms with van der Waals surface area (Å²) in [6.45, 7) is 1.83. The molecule has 2 N–H and O–H groups in total. The van der Waals surface area contributed by atoms with Crippen LogP contribution < -0.4 is 15.4 Å². The third kappa shape index (κ3) is 5.08. The number of rotatable bonds is 7. The zero-order chi connectivity index (χ0) is 20.8. The predicted octanol–water partition coefficient (Wildman–Crippen LogP) is 3.14. The Kier molecular flexibility index (Phi) is 6.41. The molecule has 0 bridgehead atoms. The number of amides is 2. The maximum absolute atomic E-state index is 12.7. The van der Waals surface area contributed by atoms with Crippen LogP contribution >= 0.6 is 0 Å². The van der Waals surface area contributed by atoms with Gasteiger partial charge in [-0.25, -0.2) is 0 Å². The number of methoxy groups -OCH3 is 1. The highest BCUT2D eigenvalue weighted by Crippen LogP contribution is 2.21. The first-order chi connectivity index (χ1) is 14.0. The summed E-state index contributed by atoms with van der Waals surface area (Å²) in [5, 5.41) is 6.62. The second kappa shape index (κ2) is 9.16. The number of hydrogen-bond donors (Lipinski definition) is 2. The molecule has 2 amide bonds. The van der Waals surface area contributed by atoms with Crippen molar-refractivity contribution in [3.05, 3.63) is 60.8 Å². The average molecular weight is 392 g/mol. The summed E-state index contributed by atoms with van der Waals surface area (Å²) >= 11 is 0. The molecule has 150 valence electrons. The molecule has 3 aromatic rings. The van der Waals surface area contributed by atoms with Gasteiger partial charge >= 0.3 is 0 Å².